The maximum atomic E-state index is 13.0. The van der Waals surface area contributed by atoms with E-state index < -0.39 is 11.8 Å². The molecule has 2 aliphatic rings. The van der Waals surface area contributed by atoms with Crippen LogP contribution < -0.4 is 10.6 Å². The zero-order valence-electron chi connectivity index (χ0n) is 20.5. The molecule has 10 nitrogen and oxygen atoms in total. The molecule has 11 heteroatoms. The lowest BCUT2D eigenvalue weighted by Crippen LogP contribution is -2.50. The Morgan fingerprint density at radius 2 is 1.74 bits per heavy atom. The summed E-state index contributed by atoms with van der Waals surface area (Å²) < 4.78 is 11.0. The molecule has 2 fully saturated rings. The molecule has 4 amide bonds. The predicted octanol–water partition coefficient (Wildman–Crippen LogP) is 2.94. The number of thioether (sulfide) groups is 1. The molecule has 34 heavy (non-hydrogen) atoms. The summed E-state index contributed by atoms with van der Waals surface area (Å²) in [6, 6.07) is -0.0310. The van der Waals surface area contributed by atoms with E-state index in [1.807, 2.05) is 27.7 Å². The van der Waals surface area contributed by atoms with E-state index in [9.17, 15) is 14.4 Å². The van der Waals surface area contributed by atoms with Gasteiger partial charge in [0.25, 0.3) is 5.22 Å². The number of amides is 4. The second-order valence-electron chi connectivity index (χ2n) is 9.71. The maximum absolute atomic E-state index is 13.0. The number of nitrogens with one attached hydrogen (secondary N) is 2. The summed E-state index contributed by atoms with van der Waals surface area (Å²) in [5, 5.41) is 14.5. The number of ether oxygens (including phenoxy) is 1. The Labute approximate surface area is 205 Å². The summed E-state index contributed by atoms with van der Waals surface area (Å²) in [7, 11) is 0. The lowest BCUT2D eigenvalue weighted by molar-refractivity contribution is -0.134. The Hall–Kier alpha value is -2.14. The van der Waals surface area contributed by atoms with Crippen LogP contribution in [0.25, 0.3) is 0 Å². The van der Waals surface area contributed by atoms with Gasteiger partial charge in [0, 0.05) is 30.3 Å². The van der Waals surface area contributed by atoms with E-state index in [0.717, 1.165) is 0 Å². The summed E-state index contributed by atoms with van der Waals surface area (Å²) in [6.45, 7) is 10.4. The van der Waals surface area contributed by atoms with E-state index in [1.165, 1.54) is 11.8 Å². The lowest BCUT2D eigenvalue weighted by Gasteiger charge is -2.32. The van der Waals surface area contributed by atoms with Crippen molar-refractivity contribution in [2.45, 2.75) is 82.2 Å². The summed E-state index contributed by atoms with van der Waals surface area (Å²) in [4.78, 5) is 40.0. The minimum absolute atomic E-state index is 0.0408. The Morgan fingerprint density at radius 1 is 1.06 bits per heavy atom. The molecule has 1 aliphatic carbocycles. The van der Waals surface area contributed by atoms with E-state index in [0.29, 0.717) is 63.6 Å². The van der Waals surface area contributed by atoms with Crippen molar-refractivity contribution in [2.75, 3.05) is 26.3 Å². The van der Waals surface area contributed by atoms with Crippen molar-refractivity contribution >= 4 is 29.6 Å². The van der Waals surface area contributed by atoms with Gasteiger partial charge < -0.3 is 19.4 Å². The Bertz CT molecular complexity index is 831. The van der Waals surface area contributed by atoms with E-state index >= 15 is 0 Å². The molecule has 1 aromatic rings. The predicted molar refractivity (Wildman–Crippen MR) is 127 cm³/mol. The summed E-state index contributed by atoms with van der Waals surface area (Å²) >= 11 is 1.44. The number of imide groups is 1. The third-order valence-electron chi connectivity index (χ3n) is 6.05. The van der Waals surface area contributed by atoms with Gasteiger partial charge in [0.15, 0.2) is 0 Å². The first-order valence-electron chi connectivity index (χ1n) is 12.2. The van der Waals surface area contributed by atoms with Crippen molar-refractivity contribution in [3.05, 3.63) is 5.89 Å². The SMILES string of the molecule is CC(C)C[C@H](C(=O)NC(=O)C1CCC(NC(=O)N2CCOCC2)CC1)c1nnc(SC(C)C)o1. The lowest BCUT2D eigenvalue weighted by atomic mass is 9.85. The molecule has 0 unspecified atom stereocenters. The van der Waals surface area contributed by atoms with Crippen molar-refractivity contribution in [1.29, 1.82) is 0 Å². The van der Waals surface area contributed by atoms with Crippen molar-refractivity contribution in [3.8, 4) is 0 Å². The molecular formula is C23H37N5O5S. The van der Waals surface area contributed by atoms with Gasteiger partial charge in [0.05, 0.1) is 13.2 Å². The summed E-state index contributed by atoms with van der Waals surface area (Å²) in [6.07, 6.45) is 3.16. The standard InChI is InChI=1S/C23H37N5O5S/c1-14(2)13-18(21-26-27-23(33-21)34-15(3)4)20(30)25-19(29)16-5-7-17(8-6-16)24-22(31)28-9-11-32-12-10-28/h14-18H,5-13H2,1-4H3,(H,24,31)(H,25,29,30)/t16?,17?,18-/m1/s1. The molecule has 190 valence electrons. The Balaban J connectivity index is 1.50. The number of urea groups is 1. The highest BCUT2D eigenvalue weighted by molar-refractivity contribution is 7.99. The first kappa shape index (κ1) is 26.5. The number of carbonyl (C=O) groups excluding carboxylic acids is 3. The quantitative estimate of drug-likeness (QED) is 0.527. The van der Waals surface area contributed by atoms with Crippen molar-refractivity contribution in [1.82, 2.24) is 25.7 Å². The van der Waals surface area contributed by atoms with Crippen LogP contribution in [0.3, 0.4) is 0 Å². The molecule has 0 spiro atoms. The monoisotopic (exact) mass is 495 g/mol. The molecule has 0 radical (unpaired) electrons. The smallest absolute Gasteiger partial charge is 0.317 e. The molecule has 2 N–H and O–H groups in total. The molecule has 2 heterocycles. The van der Waals surface area contributed by atoms with Crippen LogP contribution in [-0.4, -0.2) is 70.5 Å². The number of hydrogen-bond acceptors (Lipinski definition) is 8. The average molecular weight is 496 g/mol. The second-order valence-corrected chi connectivity index (χ2v) is 11.2. The van der Waals surface area contributed by atoms with Crippen LogP contribution in [0.5, 0.6) is 0 Å². The van der Waals surface area contributed by atoms with Crippen LogP contribution in [0, 0.1) is 11.8 Å². The normalized spacial score (nSPS) is 22.0. The fourth-order valence-corrected chi connectivity index (χ4v) is 4.87. The van der Waals surface area contributed by atoms with Crippen LogP contribution in [0.4, 0.5) is 4.79 Å². The van der Waals surface area contributed by atoms with Crippen LogP contribution in [0.2, 0.25) is 0 Å². The minimum Gasteiger partial charge on any atom is -0.415 e. The zero-order valence-corrected chi connectivity index (χ0v) is 21.4. The second kappa shape index (κ2) is 12.5. The number of carbonyl (C=O) groups is 3. The van der Waals surface area contributed by atoms with E-state index in [4.69, 9.17) is 9.15 Å². The van der Waals surface area contributed by atoms with E-state index in [2.05, 4.69) is 20.8 Å². The van der Waals surface area contributed by atoms with Crippen LogP contribution in [0.1, 0.15) is 71.6 Å². The third kappa shape index (κ3) is 7.69. The third-order valence-corrected chi connectivity index (χ3v) is 6.89. The number of nitrogens with zero attached hydrogens (tertiary/aromatic N) is 3. The molecule has 1 saturated carbocycles. The number of rotatable bonds is 8. The minimum atomic E-state index is -0.665. The van der Waals surface area contributed by atoms with Crippen LogP contribution in [0.15, 0.2) is 9.64 Å². The zero-order chi connectivity index (χ0) is 24.7. The highest BCUT2D eigenvalue weighted by Crippen LogP contribution is 2.29. The van der Waals surface area contributed by atoms with Gasteiger partial charge in [0.2, 0.25) is 17.7 Å². The van der Waals surface area contributed by atoms with Crippen molar-refractivity contribution in [2.24, 2.45) is 11.8 Å². The molecule has 1 saturated heterocycles. The highest BCUT2D eigenvalue weighted by Gasteiger charge is 2.33. The summed E-state index contributed by atoms with van der Waals surface area (Å²) in [5.41, 5.74) is 0. The van der Waals surface area contributed by atoms with E-state index in [1.54, 1.807) is 4.90 Å². The fraction of sp³-hybridized carbons (Fsp3) is 0.783. The first-order valence-corrected chi connectivity index (χ1v) is 13.1. The molecule has 1 atom stereocenters. The maximum Gasteiger partial charge on any atom is 0.317 e. The van der Waals surface area contributed by atoms with Crippen molar-refractivity contribution in [3.63, 3.8) is 0 Å². The van der Waals surface area contributed by atoms with Gasteiger partial charge in [-0.25, -0.2) is 4.79 Å². The number of aromatic nitrogens is 2. The van der Waals surface area contributed by atoms with Crippen molar-refractivity contribution < 1.29 is 23.5 Å². The van der Waals surface area contributed by atoms with Gasteiger partial charge in [-0.2, -0.15) is 0 Å². The number of morpholine rings is 1. The van der Waals surface area contributed by atoms with E-state index in [-0.39, 0.29) is 41.0 Å². The van der Waals surface area contributed by atoms with Gasteiger partial charge in [-0.1, -0.05) is 39.5 Å². The van der Waals surface area contributed by atoms with Gasteiger partial charge in [-0.15, -0.1) is 10.2 Å². The van der Waals surface area contributed by atoms with Crippen LogP contribution >= 0.6 is 11.8 Å². The molecule has 1 aliphatic heterocycles. The highest BCUT2D eigenvalue weighted by atomic mass is 32.2. The molecule has 0 aromatic carbocycles. The van der Waals surface area contributed by atoms with Gasteiger partial charge in [-0.3, -0.25) is 14.9 Å². The van der Waals surface area contributed by atoms with Gasteiger partial charge in [0.1, 0.15) is 5.92 Å². The molecule has 0 bridgehead atoms. The molecule has 1 aromatic heterocycles. The Kier molecular flexibility index (Phi) is 9.75. The average Bonchev–Trinajstić information content (AvgIpc) is 3.25. The molecular weight excluding hydrogens is 458 g/mol. The topological polar surface area (TPSA) is 127 Å². The van der Waals surface area contributed by atoms with Gasteiger partial charge >= 0.3 is 6.03 Å². The van der Waals surface area contributed by atoms with Gasteiger partial charge in [-0.05, 0) is 38.0 Å². The van der Waals surface area contributed by atoms with Crippen LogP contribution in [-0.2, 0) is 14.3 Å². The first-order chi connectivity index (χ1) is 16.2. The largest absolute Gasteiger partial charge is 0.415 e. The molecule has 3 rings (SSSR count). The Morgan fingerprint density at radius 3 is 2.35 bits per heavy atom. The fourth-order valence-electron chi connectivity index (χ4n) is 4.24. The summed E-state index contributed by atoms with van der Waals surface area (Å²) in [5.74, 6) is -1.13. The number of hydrogen-bond donors (Lipinski definition) is 2.